The monoisotopic (exact) mass is 343 g/mol. The standard InChI is InChI=1S/C17H17N3OS2/c18-14-12-8-10-4-1-2-6-13(10)20-17(12)23-15(14)16(21)19-9-11-5-3-7-22-11/h3,5,7-8H,1-2,4,6,9,18H2,(H,19,21). The zero-order valence-corrected chi connectivity index (χ0v) is 14.2. The van der Waals surface area contributed by atoms with Crippen LogP contribution in [0, 0.1) is 0 Å². The molecule has 0 radical (unpaired) electrons. The van der Waals surface area contributed by atoms with Crippen LogP contribution in [0.3, 0.4) is 0 Å². The number of carbonyl (C=O) groups is 1. The number of carbonyl (C=O) groups excluding carboxylic acids is 1. The molecule has 23 heavy (non-hydrogen) atoms. The van der Waals surface area contributed by atoms with Crippen molar-refractivity contribution < 1.29 is 4.79 Å². The molecule has 0 saturated carbocycles. The number of pyridine rings is 1. The lowest BCUT2D eigenvalue weighted by Crippen LogP contribution is -2.22. The van der Waals surface area contributed by atoms with Gasteiger partial charge in [0.25, 0.3) is 5.91 Å². The Bertz CT molecular complexity index is 868. The van der Waals surface area contributed by atoms with E-state index in [1.807, 2.05) is 17.5 Å². The van der Waals surface area contributed by atoms with Crippen LogP contribution in [0.4, 0.5) is 5.69 Å². The summed E-state index contributed by atoms with van der Waals surface area (Å²) in [5.41, 5.74) is 9.27. The molecular weight excluding hydrogens is 326 g/mol. The first-order valence-electron chi connectivity index (χ1n) is 7.73. The minimum Gasteiger partial charge on any atom is -0.397 e. The summed E-state index contributed by atoms with van der Waals surface area (Å²) in [4.78, 5) is 19.8. The highest BCUT2D eigenvalue weighted by Gasteiger charge is 2.20. The molecule has 4 rings (SSSR count). The molecule has 3 aromatic rings. The normalized spacial score (nSPS) is 13.9. The summed E-state index contributed by atoms with van der Waals surface area (Å²) in [5, 5.41) is 5.88. The van der Waals surface area contributed by atoms with E-state index in [0.717, 1.165) is 27.9 Å². The fraction of sp³-hybridized carbons (Fsp3) is 0.294. The van der Waals surface area contributed by atoms with Crippen molar-refractivity contribution in [2.45, 2.75) is 32.2 Å². The van der Waals surface area contributed by atoms with Gasteiger partial charge < -0.3 is 11.1 Å². The van der Waals surface area contributed by atoms with Crippen molar-refractivity contribution in [1.29, 1.82) is 0 Å². The van der Waals surface area contributed by atoms with Crippen LogP contribution in [-0.2, 0) is 19.4 Å². The minimum absolute atomic E-state index is 0.114. The average molecular weight is 343 g/mol. The predicted molar refractivity (Wildman–Crippen MR) is 96.2 cm³/mol. The summed E-state index contributed by atoms with van der Waals surface area (Å²) < 4.78 is 0. The fourth-order valence-corrected chi connectivity index (χ4v) is 4.65. The number of anilines is 1. The van der Waals surface area contributed by atoms with Gasteiger partial charge in [0.05, 0.1) is 12.2 Å². The van der Waals surface area contributed by atoms with Crippen LogP contribution in [0.1, 0.15) is 38.6 Å². The quantitative estimate of drug-likeness (QED) is 0.761. The number of hydrogen-bond acceptors (Lipinski definition) is 5. The first-order chi connectivity index (χ1) is 11.2. The van der Waals surface area contributed by atoms with E-state index in [1.54, 1.807) is 11.3 Å². The van der Waals surface area contributed by atoms with Gasteiger partial charge in [-0.25, -0.2) is 4.98 Å². The Hall–Kier alpha value is -1.92. The molecule has 1 amide bonds. The number of fused-ring (bicyclic) bond motifs is 2. The largest absolute Gasteiger partial charge is 0.397 e. The van der Waals surface area contributed by atoms with E-state index in [0.29, 0.717) is 17.1 Å². The van der Waals surface area contributed by atoms with Crippen LogP contribution in [0.25, 0.3) is 10.2 Å². The van der Waals surface area contributed by atoms with Crippen LogP contribution < -0.4 is 11.1 Å². The number of hydrogen-bond donors (Lipinski definition) is 2. The number of rotatable bonds is 3. The lowest BCUT2D eigenvalue weighted by atomic mass is 9.95. The third kappa shape index (κ3) is 2.72. The van der Waals surface area contributed by atoms with Gasteiger partial charge in [-0.1, -0.05) is 6.07 Å². The summed E-state index contributed by atoms with van der Waals surface area (Å²) in [6.07, 6.45) is 4.50. The highest BCUT2D eigenvalue weighted by Crippen LogP contribution is 2.35. The lowest BCUT2D eigenvalue weighted by Gasteiger charge is -2.14. The van der Waals surface area contributed by atoms with Crippen molar-refractivity contribution in [2.75, 3.05) is 5.73 Å². The molecule has 0 aromatic carbocycles. The summed E-state index contributed by atoms with van der Waals surface area (Å²) in [7, 11) is 0. The number of nitrogens with zero attached hydrogens (tertiary/aromatic N) is 1. The predicted octanol–water partition coefficient (Wildman–Crippen LogP) is 3.75. The summed E-state index contributed by atoms with van der Waals surface area (Å²) in [5.74, 6) is -0.114. The van der Waals surface area contributed by atoms with Gasteiger partial charge in [-0.3, -0.25) is 4.79 Å². The van der Waals surface area contributed by atoms with E-state index in [4.69, 9.17) is 10.7 Å². The van der Waals surface area contributed by atoms with Crippen molar-refractivity contribution >= 4 is 44.5 Å². The summed E-state index contributed by atoms with van der Waals surface area (Å²) in [6, 6.07) is 6.13. The van der Waals surface area contributed by atoms with Gasteiger partial charge in [-0.2, -0.15) is 0 Å². The van der Waals surface area contributed by atoms with Crippen molar-refractivity contribution in [3.8, 4) is 0 Å². The molecular formula is C17H17N3OS2. The Kier molecular flexibility index (Phi) is 3.79. The second-order valence-corrected chi connectivity index (χ2v) is 7.79. The van der Waals surface area contributed by atoms with Crippen LogP contribution in [0.15, 0.2) is 23.6 Å². The molecule has 0 saturated heterocycles. The second kappa shape index (κ2) is 5.94. The smallest absolute Gasteiger partial charge is 0.263 e. The maximum atomic E-state index is 12.4. The molecule has 3 N–H and O–H groups in total. The molecule has 0 fully saturated rings. The maximum Gasteiger partial charge on any atom is 0.263 e. The fourth-order valence-electron chi connectivity index (χ4n) is 2.99. The molecule has 0 aliphatic heterocycles. The Morgan fingerprint density at radius 3 is 3.04 bits per heavy atom. The first kappa shape index (κ1) is 14.7. The third-order valence-electron chi connectivity index (χ3n) is 4.21. The molecule has 118 valence electrons. The molecule has 4 nitrogen and oxygen atoms in total. The molecule has 0 bridgehead atoms. The molecule has 6 heteroatoms. The van der Waals surface area contributed by atoms with Crippen molar-refractivity contribution in [3.63, 3.8) is 0 Å². The zero-order valence-electron chi connectivity index (χ0n) is 12.6. The van der Waals surface area contributed by atoms with Gasteiger partial charge in [-0.15, -0.1) is 22.7 Å². The highest BCUT2D eigenvalue weighted by molar-refractivity contribution is 7.21. The van der Waals surface area contributed by atoms with Gasteiger partial charge in [0.15, 0.2) is 0 Å². The number of amides is 1. The number of nitrogen functional groups attached to an aromatic ring is 1. The molecule has 1 aliphatic rings. The average Bonchev–Trinajstić information content (AvgIpc) is 3.19. The van der Waals surface area contributed by atoms with E-state index in [9.17, 15) is 4.79 Å². The van der Waals surface area contributed by atoms with E-state index in [2.05, 4.69) is 11.4 Å². The van der Waals surface area contributed by atoms with E-state index >= 15 is 0 Å². The number of nitrogens with two attached hydrogens (primary N) is 1. The Balaban J connectivity index is 1.64. The highest BCUT2D eigenvalue weighted by atomic mass is 32.1. The maximum absolute atomic E-state index is 12.4. The van der Waals surface area contributed by atoms with E-state index < -0.39 is 0 Å². The van der Waals surface area contributed by atoms with Gasteiger partial charge in [0.2, 0.25) is 0 Å². The minimum atomic E-state index is -0.114. The molecule has 1 aliphatic carbocycles. The van der Waals surface area contributed by atoms with Gasteiger partial charge >= 0.3 is 0 Å². The number of nitrogens with one attached hydrogen (secondary N) is 1. The van der Waals surface area contributed by atoms with Gasteiger partial charge in [-0.05, 0) is 48.8 Å². The number of thiophene rings is 2. The van der Waals surface area contributed by atoms with Crippen molar-refractivity contribution in [3.05, 3.63) is 44.6 Å². The lowest BCUT2D eigenvalue weighted by molar-refractivity contribution is 0.0956. The molecule has 0 atom stereocenters. The Morgan fingerprint density at radius 1 is 1.35 bits per heavy atom. The van der Waals surface area contributed by atoms with Crippen LogP contribution >= 0.6 is 22.7 Å². The first-order valence-corrected chi connectivity index (χ1v) is 9.43. The topological polar surface area (TPSA) is 68.0 Å². The Labute approximate surface area is 142 Å². The van der Waals surface area contributed by atoms with Crippen molar-refractivity contribution in [1.82, 2.24) is 10.3 Å². The van der Waals surface area contributed by atoms with Crippen LogP contribution in [0.5, 0.6) is 0 Å². The van der Waals surface area contributed by atoms with Gasteiger partial charge in [0, 0.05) is 16.0 Å². The van der Waals surface area contributed by atoms with Crippen molar-refractivity contribution in [2.24, 2.45) is 0 Å². The molecule has 3 heterocycles. The molecule has 0 spiro atoms. The molecule has 0 unspecified atom stereocenters. The van der Waals surface area contributed by atoms with Crippen LogP contribution in [-0.4, -0.2) is 10.9 Å². The van der Waals surface area contributed by atoms with E-state index in [-0.39, 0.29) is 5.91 Å². The number of aryl methyl sites for hydroxylation is 2. The zero-order chi connectivity index (χ0) is 15.8. The van der Waals surface area contributed by atoms with Crippen LogP contribution in [0.2, 0.25) is 0 Å². The van der Waals surface area contributed by atoms with E-state index in [1.165, 1.54) is 35.4 Å². The molecule has 3 aromatic heterocycles. The Morgan fingerprint density at radius 2 is 2.22 bits per heavy atom. The summed E-state index contributed by atoms with van der Waals surface area (Å²) in [6.45, 7) is 0.536. The van der Waals surface area contributed by atoms with Gasteiger partial charge in [0.1, 0.15) is 9.71 Å². The third-order valence-corrected chi connectivity index (χ3v) is 6.20. The summed E-state index contributed by atoms with van der Waals surface area (Å²) >= 11 is 3.03. The second-order valence-electron chi connectivity index (χ2n) is 5.76. The SMILES string of the molecule is Nc1c(C(=O)NCc2cccs2)sc2nc3c(cc12)CCCC3. The number of aromatic nitrogens is 1.